The molecule has 1 N–H and O–H groups in total. The van der Waals surface area contributed by atoms with E-state index in [-0.39, 0.29) is 50.8 Å². The maximum Gasteiger partial charge on any atom is 0.192 e. The van der Waals surface area contributed by atoms with Gasteiger partial charge in [-0.1, -0.05) is 115 Å². The van der Waals surface area contributed by atoms with Crippen LogP contribution in [-0.2, 0) is 57.4 Å². The van der Waals surface area contributed by atoms with Crippen LogP contribution < -0.4 is 9.47 Å². The molecular formula is C55H84O11Si2. The fourth-order valence-electron chi connectivity index (χ4n) is 9.33. The number of methoxy groups -OCH3 is 3. The topological polar surface area (TPSA) is 113 Å². The van der Waals surface area contributed by atoms with Gasteiger partial charge in [0.2, 0.25) is 0 Å². The average Bonchev–Trinajstić information content (AvgIpc) is 3.64. The van der Waals surface area contributed by atoms with E-state index >= 15 is 0 Å². The molecule has 11 nitrogen and oxygen atoms in total. The minimum atomic E-state index is -2.36. The fraction of sp³-hybridized carbons (Fsp3) is 0.600. The van der Waals surface area contributed by atoms with Crippen LogP contribution in [0, 0.1) is 16.7 Å². The Labute approximate surface area is 410 Å². The maximum absolute atomic E-state index is 13.8. The van der Waals surface area contributed by atoms with Crippen LogP contribution in [0.25, 0.3) is 0 Å². The molecule has 0 amide bonds. The third kappa shape index (κ3) is 13.7. The first-order chi connectivity index (χ1) is 32.2. The van der Waals surface area contributed by atoms with Gasteiger partial charge in [0.05, 0.1) is 79.4 Å². The summed E-state index contributed by atoms with van der Waals surface area (Å²) < 4.78 is 63.5. The summed E-state index contributed by atoms with van der Waals surface area (Å²) in [5, 5.41) is 13.8. The molecule has 0 spiro atoms. The normalized spacial score (nSPS) is 23.0. The molecule has 2 saturated carbocycles. The van der Waals surface area contributed by atoms with Crippen LogP contribution in [0.2, 0.25) is 43.8 Å². The maximum atomic E-state index is 13.8. The van der Waals surface area contributed by atoms with Crippen molar-refractivity contribution in [2.75, 3.05) is 61.2 Å². The highest BCUT2D eigenvalue weighted by atomic mass is 28.4. The Hall–Kier alpha value is -3.35. The van der Waals surface area contributed by atoms with Gasteiger partial charge in [0.25, 0.3) is 0 Å². The van der Waals surface area contributed by atoms with Gasteiger partial charge < -0.3 is 52.2 Å². The summed E-state index contributed by atoms with van der Waals surface area (Å²) in [7, 11) is 1.25. The smallest absolute Gasteiger partial charge is 0.192 e. The molecule has 13 heteroatoms. The summed E-state index contributed by atoms with van der Waals surface area (Å²) in [6.07, 6.45) is 8.09. The molecule has 0 unspecified atom stereocenters. The lowest BCUT2D eigenvalue weighted by Crippen LogP contribution is -2.56. The van der Waals surface area contributed by atoms with Gasteiger partial charge in [-0.15, -0.1) is 0 Å². The highest BCUT2D eigenvalue weighted by Gasteiger charge is 2.74. The van der Waals surface area contributed by atoms with E-state index in [0.29, 0.717) is 19.8 Å². The molecule has 5 rings (SSSR count). The highest BCUT2D eigenvalue weighted by molar-refractivity contribution is 6.76. The molecule has 3 aromatic carbocycles. The first-order valence-corrected chi connectivity index (χ1v) is 30.9. The Morgan fingerprint density at radius 2 is 1.37 bits per heavy atom. The van der Waals surface area contributed by atoms with Crippen molar-refractivity contribution >= 4 is 16.4 Å². The zero-order valence-corrected chi connectivity index (χ0v) is 45.6. The van der Waals surface area contributed by atoms with Crippen LogP contribution in [0.5, 0.6) is 11.5 Å². The quantitative estimate of drug-likeness (QED) is 0.0236. The van der Waals surface area contributed by atoms with Gasteiger partial charge in [-0.2, -0.15) is 0 Å². The van der Waals surface area contributed by atoms with Gasteiger partial charge >= 0.3 is 0 Å². The van der Waals surface area contributed by atoms with Crippen molar-refractivity contribution in [1.29, 1.82) is 0 Å². The molecule has 0 aliphatic heterocycles. The predicted molar refractivity (Wildman–Crippen MR) is 275 cm³/mol. The van der Waals surface area contributed by atoms with Gasteiger partial charge in [-0.3, -0.25) is 0 Å². The van der Waals surface area contributed by atoms with Crippen molar-refractivity contribution in [3.63, 3.8) is 0 Å². The predicted octanol–water partition coefficient (Wildman–Crippen LogP) is 11.4. The summed E-state index contributed by atoms with van der Waals surface area (Å²) in [4.78, 5) is 0. The van der Waals surface area contributed by atoms with E-state index in [1.165, 1.54) is 0 Å². The van der Waals surface area contributed by atoms with Gasteiger partial charge in [0, 0.05) is 20.6 Å². The van der Waals surface area contributed by atoms with Crippen LogP contribution in [0.15, 0.2) is 103 Å². The van der Waals surface area contributed by atoms with E-state index in [1.54, 1.807) is 21.3 Å². The minimum Gasteiger partial charge on any atom is -0.502 e. The molecule has 68 heavy (non-hydrogen) atoms. The Bertz CT molecular complexity index is 2010. The Morgan fingerprint density at radius 1 is 0.750 bits per heavy atom. The summed E-state index contributed by atoms with van der Waals surface area (Å²) >= 11 is 0. The molecule has 2 fully saturated rings. The minimum absolute atomic E-state index is 0.00215. The molecule has 0 heterocycles. The van der Waals surface area contributed by atoms with E-state index < -0.39 is 50.6 Å². The summed E-state index contributed by atoms with van der Waals surface area (Å²) in [6.45, 7) is 25.2. The number of benzene rings is 3. The zero-order chi connectivity index (χ0) is 49.7. The van der Waals surface area contributed by atoms with Crippen LogP contribution >= 0.6 is 0 Å². The molecule has 3 aromatic rings. The number of aliphatic hydroxyl groups is 1. The summed E-state index contributed by atoms with van der Waals surface area (Å²) in [6, 6.07) is 26.9. The van der Waals surface area contributed by atoms with Crippen molar-refractivity contribution in [3.05, 3.63) is 120 Å². The van der Waals surface area contributed by atoms with Gasteiger partial charge in [-0.25, -0.2) is 0 Å². The summed E-state index contributed by atoms with van der Waals surface area (Å²) in [5.41, 5.74) is -1.17. The first-order valence-electron chi connectivity index (χ1n) is 24.3. The standard InChI is InChI=1S/C55H84O11Si2/c1-51(2,3)68(12,13)66-40-49(63-38-45-21-25-47(59-8)26-22-45)53(65-39-43-17-15-14-16-18-43,41-62-37-44-19-23-46(58-7)24-20-44)29-30-55(56)50(64-42-61-34-33-57-6)48-27-28-54(55,52(48,4)5)31-32-60-35-36-67(9,10)11/h14-26,29-32,48-50,56H,27-28,33-42H2,1-13H3/b30-29-,32-31-/t48-,49-,50+,53+,54-,55-/m1/s1. The largest absolute Gasteiger partial charge is 0.502 e. The summed E-state index contributed by atoms with van der Waals surface area (Å²) in [5.74, 6) is 1.51. The van der Waals surface area contributed by atoms with E-state index in [0.717, 1.165) is 47.1 Å². The second-order valence-electron chi connectivity index (χ2n) is 21.9. The lowest BCUT2D eigenvalue weighted by Gasteiger charge is -2.47. The lowest BCUT2D eigenvalue weighted by atomic mass is 9.62. The molecule has 2 bridgehead atoms. The van der Waals surface area contributed by atoms with E-state index in [4.69, 9.17) is 47.1 Å². The fourth-order valence-corrected chi connectivity index (χ4v) is 11.1. The molecule has 0 radical (unpaired) electrons. The monoisotopic (exact) mass is 977 g/mol. The molecule has 0 aromatic heterocycles. The highest BCUT2D eigenvalue weighted by Crippen LogP contribution is 2.71. The van der Waals surface area contributed by atoms with Crippen molar-refractivity contribution in [2.45, 2.75) is 135 Å². The zero-order valence-electron chi connectivity index (χ0n) is 43.6. The number of rotatable bonds is 29. The third-order valence-corrected chi connectivity index (χ3v) is 21.1. The van der Waals surface area contributed by atoms with Crippen molar-refractivity contribution in [2.24, 2.45) is 16.7 Å². The molecule has 6 atom stereocenters. The molecule has 2 aliphatic carbocycles. The molecular weight excluding hydrogens is 893 g/mol. The van der Waals surface area contributed by atoms with Crippen LogP contribution in [0.1, 0.15) is 64.2 Å². The SMILES string of the molecule is COCCOCO[C@H]1[C@H]2CC[C@@](/C=C\OCC[Si](C)(C)C)(C2(C)C)[C@@]1(O)/C=C\[C@@](COCc1ccc(OC)cc1)(OCc1ccccc1)[C@@H](CO[Si](C)(C)C(C)(C)C)OCc1ccc(OC)cc1. The van der Waals surface area contributed by atoms with Crippen molar-refractivity contribution in [1.82, 2.24) is 0 Å². The van der Waals surface area contributed by atoms with E-state index in [1.807, 2.05) is 97.3 Å². The van der Waals surface area contributed by atoms with E-state index in [2.05, 4.69) is 73.4 Å². The number of fused-ring (bicyclic) bond motifs is 2. The average molecular weight is 977 g/mol. The van der Waals surface area contributed by atoms with Gasteiger partial charge in [0.15, 0.2) is 8.32 Å². The van der Waals surface area contributed by atoms with Crippen LogP contribution in [0.4, 0.5) is 0 Å². The van der Waals surface area contributed by atoms with Crippen molar-refractivity contribution in [3.8, 4) is 11.5 Å². The van der Waals surface area contributed by atoms with Crippen LogP contribution in [-0.4, -0.2) is 106 Å². The van der Waals surface area contributed by atoms with E-state index in [9.17, 15) is 5.11 Å². The first kappa shape index (κ1) is 55.6. The van der Waals surface area contributed by atoms with Crippen molar-refractivity contribution < 1.29 is 52.2 Å². The lowest BCUT2D eigenvalue weighted by molar-refractivity contribution is -0.181. The van der Waals surface area contributed by atoms with Crippen LogP contribution in [0.3, 0.4) is 0 Å². The molecule has 378 valence electrons. The van der Waals surface area contributed by atoms with Gasteiger partial charge in [-0.05, 0) is 101 Å². The number of hydrogen-bond donors (Lipinski definition) is 1. The third-order valence-electron chi connectivity index (χ3n) is 14.9. The Balaban J connectivity index is 1.69. The molecule has 0 saturated heterocycles. The number of hydrogen-bond acceptors (Lipinski definition) is 11. The Kier molecular flexibility index (Phi) is 19.8. The Morgan fingerprint density at radius 3 is 1.96 bits per heavy atom. The number of ether oxygens (including phenoxy) is 9. The second-order valence-corrected chi connectivity index (χ2v) is 32.3. The molecule has 2 aliphatic rings. The van der Waals surface area contributed by atoms with Gasteiger partial charge in [0.1, 0.15) is 35.6 Å². The second kappa shape index (κ2) is 24.2.